The SMILES string of the molecule is O=C(O[C@@H](C(=O)O)[C@@H](O)[C@H](O)[C@H](O)CO)[C@H](O)[C@H](O)[C@H](O)[C@@H](O)[C@H](O)CO. The lowest BCUT2D eigenvalue weighted by molar-refractivity contribution is -0.196. The zero-order chi connectivity index (χ0) is 21.5. The van der Waals surface area contributed by atoms with Crippen molar-refractivity contribution in [3.05, 3.63) is 0 Å². The average molecular weight is 404 g/mol. The van der Waals surface area contributed by atoms with Crippen LogP contribution in [0.4, 0.5) is 0 Å². The van der Waals surface area contributed by atoms with Gasteiger partial charge in [0.1, 0.15) is 42.7 Å². The van der Waals surface area contributed by atoms with Crippen LogP contribution >= 0.6 is 0 Å². The summed E-state index contributed by atoms with van der Waals surface area (Å²) < 4.78 is 4.23. The Bertz CT molecular complexity index is 472. The van der Waals surface area contributed by atoms with Crippen molar-refractivity contribution in [1.82, 2.24) is 0 Å². The summed E-state index contributed by atoms with van der Waals surface area (Å²) in [5.74, 6) is -3.94. The van der Waals surface area contributed by atoms with Crippen molar-refractivity contribution in [1.29, 1.82) is 0 Å². The lowest BCUT2D eigenvalue weighted by Crippen LogP contribution is -2.54. The topological polar surface area (TPSA) is 266 Å². The van der Waals surface area contributed by atoms with Gasteiger partial charge in [-0.25, -0.2) is 9.59 Å². The molecule has 0 saturated carbocycles. The van der Waals surface area contributed by atoms with Gasteiger partial charge in [0.15, 0.2) is 6.10 Å². The van der Waals surface area contributed by atoms with Crippen LogP contribution in [0.1, 0.15) is 0 Å². The molecule has 0 aliphatic heterocycles. The standard InChI is InChI=1S/C13H24O14/c14-1-3(16)5(18)7(20)8(21)10(23)13(26)27-11(12(24)25)9(22)6(19)4(17)2-15/h3-11,14-23H,1-2H2,(H,24,25)/t3-,4-,5+,6-,7-,8-,9+,10-,11-/m1/s1. The van der Waals surface area contributed by atoms with Gasteiger partial charge in [-0.05, 0) is 0 Å². The van der Waals surface area contributed by atoms with E-state index in [4.69, 9.17) is 20.4 Å². The van der Waals surface area contributed by atoms with Crippen LogP contribution in [0.25, 0.3) is 0 Å². The molecule has 0 saturated heterocycles. The molecule has 160 valence electrons. The first-order chi connectivity index (χ1) is 12.4. The van der Waals surface area contributed by atoms with Crippen molar-refractivity contribution in [2.75, 3.05) is 13.2 Å². The number of carbonyl (C=O) groups is 2. The number of aliphatic hydroxyl groups excluding tert-OH is 10. The molecule has 0 bridgehead atoms. The van der Waals surface area contributed by atoms with Gasteiger partial charge in [0.05, 0.1) is 13.2 Å². The number of rotatable bonds is 12. The molecule has 27 heavy (non-hydrogen) atoms. The van der Waals surface area contributed by atoms with Crippen LogP contribution in [0.2, 0.25) is 0 Å². The maximum absolute atomic E-state index is 11.7. The number of carboxylic acids is 1. The largest absolute Gasteiger partial charge is 0.478 e. The quantitative estimate of drug-likeness (QED) is 0.135. The van der Waals surface area contributed by atoms with Crippen LogP contribution in [-0.4, -0.2) is 136 Å². The lowest BCUT2D eigenvalue weighted by Gasteiger charge is -2.29. The van der Waals surface area contributed by atoms with Gasteiger partial charge in [0, 0.05) is 0 Å². The smallest absolute Gasteiger partial charge is 0.347 e. The van der Waals surface area contributed by atoms with E-state index >= 15 is 0 Å². The molecule has 0 heterocycles. The molecule has 0 fully saturated rings. The Balaban J connectivity index is 5.15. The zero-order valence-electron chi connectivity index (χ0n) is 13.8. The third-order valence-electron chi connectivity index (χ3n) is 3.57. The summed E-state index contributed by atoms with van der Waals surface area (Å²) >= 11 is 0. The van der Waals surface area contributed by atoms with Crippen LogP contribution in [0, 0.1) is 0 Å². The van der Waals surface area contributed by atoms with Crippen molar-refractivity contribution >= 4 is 11.9 Å². The monoisotopic (exact) mass is 404 g/mol. The number of hydrogen-bond acceptors (Lipinski definition) is 13. The Morgan fingerprint density at radius 2 is 1.07 bits per heavy atom. The summed E-state index contributed by atoms with van der Waals surface area (Å²) in [4.78, 5) is 22.8. The average Bonchev–Trinajstić information content (AvgIpc) is 2.66. The molecule has 0 unspecified atom stereocenters. The molecule has 0 rings (SSSR count). The Morgan fingerprint density at radius 1 is 0.667 bits per heavy atom. The highest BCUT2D eigenvalue weighted by molar-refractivity contribution is 5.81. The van der Waals surface area contributed by atoms with E-state index in [1.807, 2.05) is 0 Å². The van der Waals surface area contributed by atoms with Gasteiger partial charge in [-0.3, -0.25) is 0 Å². The van der Waals surface area contributed by atoms with E-state index in [1.54, 1.807) is 0 Å². The Hall–Kier alpha value is -1.46. The molecule has 0 aromatic rings. The number of carbonyl (C=O) groups excluding carboxylic acids is 1. The first-order valence-corrected chi connectivity index (χ1v) is 7.50. The second-order valence-electron chi connectivity index (χ2n) is 5.59. The molecule has 0 spiro atoms. The van der Waals surface area contributed by atoms with Crippen LogP contribution in [0.5, 0.6) is 0 Å². The lowest BCUT2D eigenvalue weighted by atomic mass is 9.99. The van der Waals surface area contributed by atoms with Crippen LogP contribution < -0.4 is 0 Å². The molecule has 14 heteroatoms. The summed E-state index contributed by atoms with van der Waals surface area (Å²) in [7, 11) is 0. The van der Waals surface area contributed by atoms with E-state index < -0.39 is 80.1 Å². The fourth-order valence-electron chi connectivity index (χ4n) is 1.84. The van der Waals surface area contributed by atoms with Crippen molar-refractivity contribution in [2.24, 2.45) is 0 Å². The molecule has 0 aromatic carbocycles. The second kappa shape index (κ2) is 11.4. The van der Waals surface area contributed by atoms with E-state index in [0.29, 0.717) is 0 Å². The van der Waals surface area contributed by atoms with Crippen LogP contribution in [0.3, 0.4) is 0 Å². The molecule has 11 N–H and O–H groups in total. The van der Waals surface area contributed by atoms with Gasteiger partial charge in [-0.15, -0.1) is 0 Å². The van der Waals surface area contributed by atoms with Crippen molar-refractivity contribution < 1.29 is 70.5 Å². The van der Waals surface area contributed by atoms with Gasteiger partial charge in [-0.1, -0.05) is 0 Å². The van der Waals surface area contributed by atoms with Crippen molar-refractivity contribution in [3.63, 3.8) is 0 Å². The normalized spacial score (nSPS) is 21.9. The third-order valence-corrected chi connectivity index (χ3v) is 3.57. The first-order valence-electron chi connectivity index (χ1n) is 7.50. The predicted octanol–water partition coefficient (Wildman–Crippen LogP) is -7.15. The molecule has 0 aliphatic carbocycles. The van der Waals surface area contributed by atoms with E-state index in [-0.39, 0.29) is 0 Å². The minimum absolute atomic E-state index is 1.04. The van der Waals surface area contributed by atoms with Gasteiger partial charge in [-0.2, -0.15) is 0 Å². The molecule has 0 aromatic heterocycles. The van der Waals surface area contributed by atoms with E-state index in [9.17, 15) is 45.3 Å². The Labute approximate surface area is 151 Å². The van der Waals surface area contributed by atoms with E-state index in [0.717, 1.165) is 0 Å². The molecular weight excluding hydrogens is 380 g/mol. The highest BCUT2D eigenvalue weighted by Crippen LogP contribution is 2.14. The highest BCUT2D eigenvalue weighted by Gasteiger charge is 2.42. The zero-order valence-corrected chi connectivity index (χ0v) is 13.8. The Kier molecular flexibility index (Phi) is 10.8. The molecule has 0 radical (unpaired) electrons. The molecule has 14 nitrogen and oxygen atoms in total. The fraction of sp³-hybridized carbons (Fsp3) is 0.846. The van der Waals surface area contributed by atoms with E-state index in [2.05, 4.69) is 4.74 Å². The third kappa shape index (κ3) is 6.89. The van der Waals surface area contributed by atoms with Crippen molar-refractivity contribution in [2.45, 2.75) is 54.9 Å². The van der Waals surface area contributed by atoms with Crippen molar-refractivity contribution in [3.8, 4) is 0 Å². The molecular formula is C13H24O14. The van der Waals surface area contributed by atoms with Crippen LogP contribution in [-0.2, 0) is 14.3 Å². The Morgan fingerprint density at radius 3 is 1.44 bits per heavy atom. The molecule has 0 aliphatic rings. The van der Waals surface area contributed by atoms with Gasteiger partial charge < -0.3 is 60.9 Å². The highest BCUT2D eigenvalue weighted by atomic mass is 16.6. The summed E-state index contributed by atoms with van der Waals surface area (Å²) in [6.07, 6.45) is -21.0. The van der Waals surface area contributed by atoms with Gasteiger partial charge >= 0.3 is 11.9 Å². The van der Waals surface area contributed by atoms with Crippen LogP contribution in [0.15, 0.2) is 0 Å². The summed E-state index contributed by atoms with van der Waals surface area (Å²) in [6, 6.07) is 0. The number of ether oxygens (including phenoxy) is 1. The predicted molar refractivity (Wildman–Crippen MR) is 79.7 cm³/mol. The fourth-order valence-corrected chi connectivity index (χ4v) is 1.84. The number of esters is 1. The van der Waals surface area contributed by atoms with E-state index in [1.165, 1.54) is 0 Å². The number of hydrogen-bond donors (Lipinski definition) is 11. The summed E-state index contributed by atoms with van der Waals surface area (Å²) in [5, 5.41) is 102. The summed E-state index contributed by atoms with van der Waals surface area (Å²) in [6.45, 7) is -2.11. The molecule has 9 atom stereocenters. The first kappa shape index (κ1) is 25.5. The maximum Gasteiger partial charge on any atom is 0.347 e. The van der Waals surface area contributed by atoms with Gasteiger partial charge in [0.25, 0.3) is 0 Å². The maximum atomic E-state index is 11.7. The minimum Gasteiger partial charge on any atom is -0.478 e. The number of aliphatic carboxylic acids is 1. The summed E-state index contributed by atoms with van der Waals surface area (Å²) in [5.41, 5.74) is 0. The second-order valence-corrected chi connectivity index (χ2v) is 5.59. The number of aliphatic hydroxyl groups is 10. The minimum atomic E-state index is -2.67. The molecule has 0 amide bonds. The van der Waals surface area contributed by atoms with Gasteiger partial charge in [0.2, 0.25) is 6.10 Å². The number of carboxylic acid groups (broad SMARTS) is 1.